The SMILES string of the molecule is CCCCCCNC(=O)Cc1ccc(-n2cnnn2)cc1. The van der Waals surface area contributed by atoms with Crippen molar-refractivity contribution in [3.8, 4) is 5.69 Å². The number of carbonyl (C=O) groups excluding carboxylic acids is 1. The number of amides is 1. The van der Waals surface area contributed by atoms with Gasteiger partial charge >= 0.3 is 0 Å². The maximum atomic E-state index is 11.8. The first-order valence-corrected chi connectivity index (χ1v) is 7.38. The molecule has 2 rings (SSSR count). The molecule has 0 fully saturated rings. The van der Waals surface area contributed by atoms with Gasteiger partial charge in [0.25, 0.3) is 0 Å². The van der Waals surface area contributed by atoms with Gasteiger partial charge in [0.2, 0.25) is 5.91 Å². The third kappa shape index (κ3) is 4.98. The number of hydrogen-bond donors (Lipinski definition) is 1. The molecule has 0 radical (unpaired) electrons. The Kier molecular flexibility index (Phi) is 5.87. The number of rotatable bonds is 8. The third-order valence-electron chi connectivity index (χ3n) is 3.27. The van der Waals surface area contributed by atoms with Gasteiger partial charge < -0.3 is 5.32 Å². The lowest BCUT2D eigenvalue weighted by molar-refractivity contribution is -0.120. The van der Waals surface area contributed by atoms with Gasteiger partial charge in [0.05, 0.1) is 12.1 Å². The second kappa shape index (κ2) is 8.14. The standard InChI is InChI=1S/C15H21N5O/c1-2-3-4-5-10-16-15(21)11-13-6-8-14(9-7-13)20-12-17-18-19-20/h6-9,12H,2-5,10-11H2,1H3,(H,16,21). The molecular weight excluding hydrogens is 266 g/mol. The largest absolute Gasteiger partial charge is 0.356 e. The molecule has 6 nitrogen and oxygen atoms in total. The maximum Gasteiger partial charge on any atom is 0.224 e. The average Bonchev–Trinajstić information content (AvgIpc) is 3.02. The lowest BCUT2D eigenvalue weighted by atomic mass is 10.1. The van der Waals surface area contributed by atoms with Crippen LogP contribution in [0.2, 0.25) is 0 Å². The van der Waals surface area contributed by atoms with Crippen LogP contribution in [0.3, 0.4) is 0 Å². The monoisotopic (exact) mass is 287 g/mol. The Hall–Kier alpha value is -2.24. The van der Waals surface area contributed by atoms with E-state index in [0.29, 0.717) is 6.42 Å². The molecule has 0 saturated carbocycles. The van der Waals surface area contributed by atoms with E-state index in [1.165, 1.54) is 25.6 Å². The molecule has 0 saturated heterocycles. The van der Waals surface area contributed by atoms with Gasteiger partial charge in [0.15, 0.2) is 0 Å². The highest BCUT2D eigenvalue weighted by atomic mass is 16.1. The number of carbonyl (C=O) groups is 1. The van der Waals surface area contributed by atoms with Crippen LogP contribution in [-0.4, -0.2) is 32.7 Å². The van der Waals surface area contributed by atoms with Crippen molar-refractivity contribution in [2.24, 2.45) is 0 Å². The fourth-order valence-electron chi connectivity index (χ4n) is 2.07. The normalized spacial score (nSPS) is 10.5. The van der Waals surface area contributed by atoms with Crippen molar-refractivity contribution in [2.75, 3.05) is 6.54 Å². The van der Waals surface area contributed by atoms with Gasteiger partial charge in [-0.25, -0.2) is 4.68 Å². The zero-order valence-corrected chi connectivity index (χ0v) is 12.3. The van der Waals surface area contributed by atoms with E-state index >= 15 is 0 Å². The lowest BCUT2D eigenvalue weighted by Crippen LogP contribution is -2.26. The maximum absolute atomic E-state index is 11.8. The van der Waals surface area contributed by atoms with E-state index in [9.17, 15) is 4.79 Å². The van der Waals surface area contributed by atoms with Gasteiger partial charge in [-0.2, -0.15) is 0 Å². The Morgan fingerprint density at radius 2 is 2.00 bits per heavy atom. The van der Waals surface area contributed by atoms with E-state index in [4.69, 9.17) is 0 Å². The predicted molar refractivity (Wildman–Crippen MR) is 80.0 cm³/mol. The second-order valence-electron chi connectivity index (χ2n) is 5.01. The summed E-state index contributed by atoms with van der Waals surface area (Å²) in [6.45, 7) is 2.94. The quantitative estimate of drug-likeness (QED) is 0.753. The highest BCUT2D eigenvalue weighted by molar-refractivity contribution is 5.78. The Morgan fingerprint density at radius 3 is 2.67 bits per heavy atom. The number of aromatic nitrogens is 4. The Morgan fingerprint density at radius 1 is 1.19 bits per heavy atom. The van der Waals surface area contributed by atoms with Gasteiger partial charge in [-0.15, -0.1) is 5.10 Å². The fraction of sp³-hybridized carbons (Fsp3) is 0.467. The Bertz CT molecular complexity index is 536. The van der Waals surface area contributed by atoms with Crippen LogP contribution in [0.1, 0.15) is 38.2 Å². The van der Waals surface area contributed by atoms with Gasteiger partial charge in [-0.1, -0.05) is 38.3 Å². The van der Waals surface area contributed by atoms with Crippen molar-refractivity contribution in [1.82, 2.24) is 25.5 Å². The second-order valence-corrected chi connectivity index (χ2v) is 5.01. The highest BCUT2D eigenvalue weighted by Gasteiger charge is 2.04. The van der Waals surface area contributed by atoms with Crippen LogP contribution in [0, 0.1) is 0 Å². The zero-order chi connectivity index (χ0) is 14.9. The van der Waals surface area contributed by atoms with E-state index in [0.717, 1.165) is 24.2 Å². The Balaban J connectivity index is 1.76. The van der Waals surface area contributed by atoms with Crippen molar-refractivity contribution in [3.63, 3.8) is 0 Å². The van der Waals surface area contributed by atoms with E-state index in [2.05, 4.69) is 27.8 Å². The summed E-state index contributed by atoms with van der Waals surface area (Å²) in [6, 6.07) is 7.65. The number of hydrogen-bond acceptors (Lipinski definition) is 4. The summed E-state index contributed by atoms with van der Waals surface area (Å²) in [4.78, 5) is 11.8. The van der Waals surface area contributed by atoms with Crippen molar-refractivity contribution < 1.29 is 4.79 Å². The molecule has 0 aliphatic heterocycles. The molecule has 0 aliphatic rings. The number of unbranched alkanes of at least 4 members (excludes halogenated alkanes) is 3. The van der Waals surface area contributed by atoms with Gasteiger partial charge in [0.1, 0.15) is 6.33 Å². The third-order valence-corrected chi connectivity index (χ3v) is 3.27. The van der Waals surface area contributed by atoms with Crippen LogP contribution >= 0.6 is 0 Å². The van der Waals surface area contributed by atoms with Crippen molar-refractivity contribution >= 4 is 5.91 Å². The van der Waals surface area contributed by atoms with Crippen molar-refractivity contribution in [1.29, 1.82) is 0 Å². The summed E-state index contributed by atoms with van der Waals surface area (Å²) in [5, 5.41) is 14.0. The van der Waals surface area contributed by atoms with E-state index < -0.39 is 0 Å². The molecule has 1 amide bonds. The molecule has 112 valence electrons. The van der Waals surface area contributed by atoms with Crippen LogP contribution in [-0.2, 0) is 11.2 Å². The van der Waals surface area contributed by atoms with Crippen LogP contribution in [0.25, 0.3) is 5.69 Å². The molecular formula is C15H21N5O. The molecule has 1 aromatic carbocycles. The minimum absolute atomic E-state index is 0.0710. The molecule has 1 N–H and O–H groups in total. The first-order chi connectivity index (χ1) is 10.3. The molecule has 0 spiro atoms. The topological polar surface area (TPSA) is 72.7 Å². The van der Waals surface area contributed by atoms with Crippen molar-refractivity contribution in [2.45, 2.75) is 39.0 Å². The van der Waals surface area contributed by atoms with Crippen LogP contribution < -0.4 is 5.32 Å². The summed E-state index contributed by atoms with van der Waals surface area (Å²) in [6.07, 6.45) is 6.62. The summed E-state index contributed by atoms with van der Waals surface area (Å²) in [7, 11) is 0. The fourth-order valence-corrected chi connectivity index (χ4v) is 2.07. The first-order valence-electron chi connectivity index (χ1n) is 7.38. The van der Waals surface area contributed by atoms with E-state index in [-0.39, 0.29) is 5.91 Å². The van der Waals surface area contributed by atoms with E-state index in [1.54, 1.807) is 4.68 Å². The average molecular weight is 287 g/mol. The summed E-state index contributed by atoms with van der Waals surface area (Å²) in [5.41, 5.74) is 1.86. The van der Waals surface area contributed by atoms with Crippen LogP contribution in [0.5, 0.6) is 0 Å². The zero-order valence-electron chi connectivity index (χ0n) is 12.3. The molecule has 21 heavy (non-hydrogen) atoms. The van der Waals surface area contributed by atoms with E-state index in [1.807, 2.05) is 24.3 Å². The summed E-state index contributed by atoms with van der Waals surface area (Å²) < 4.78 is 1.58. The predicted octanol–water partition coefficient (Wildman–Crippen LogP) is 1.90. The van der Waals surface area contributed by atoms with Crippen LogP contribution in [0.15, 0.2) is 30.6 Å². The number of benzene rings is 1. The number of nitrogens with one attached hydrogen (secondary N) is 1. The molecule has 2 aromatic rings. The van der Waals surface area contributed by atoms with Crippen molar-refractivity contribution in [3.05, 3.63) is 36.2 Å². The smallest absolute Gasteiger partial charge is 0.224 e. The molecule has 0 bridgehead atoms. The minimum Gasteiger partial charge on any atom is -0.356 e. The lowest BCUT2D eigenvalue weighted by Gasteiger charge is -2.06. The molecule has 1 aromatic heterocycles. The van der Waals surface area contributed by atoms with Gasteiger partial charge in [-0.3, -0.25) is 4.79 Å². The van der Waals surface area contributed by atoms with Gasteiger partial charge in [-0.05, 0) is 34.5 Å². The Labute approximate surface area is 124 Å². The summed E-state index contributed by atoms with van der Waals surface area (Å²) in [5.74, 6) is 0.0710. The molecule has 6 heteroatoms. The number of tetrazole rings is 1. The molecule has 0 aliphatic carbocycles. The molecule has 0 unspecified atom stereocenters. The van der Waals surface area contributed by atoms with Gasteiger partial charge in [0, 0.05) is 6.54 Å². The number of nitrogens with zero attached hydrogens (tertiary/aromatic N) is 4. The molecule has 1 heterocycles. The summed E-state index contributed by atoms with van der Waals surface area (Å²) >= 11 is 0. The first kappa shape index (κ1) is 15.2. The highest BCUT2D eigenvalue weighted by Crippen LogP contribution is 2.08. The molecule has 0 atom stereocenters. The minimum atomic E-state index is 0.0710. The van der Waals surface area contributed by atoms with Crippen LogP contribution in [0.4, 0.5) is 0 Å².